The molecule has 0 aliphatic carbocycles. The lowest BCUT2D eigenvalue weighted by Crippen LogP contribution is -2.50. The van der Waals surface area contributed by atoms with Crippen LogP contribution in [-0.2, 0) is 0 Å². The maximum Gasteiger partial charge on any atom is 0.315 e. The Balaban J connectivity index is 4.04. The third-order valence-corrected chi connectivity index (χ3v) is 3.64. The van der Waals surface area contributed by atoms with Gasteiger partial charge >= 0.3 is 6.03 Å². The van der Waals surface area contributed by atoms with Crippen molar-refractivity contribution in [1.82, 2.24) is 10.6 Å². The van der Waals surface area contributed by atoms with E-state index in [1.807, 2.05) is 13.2 Å². The largest absolute Gasteiger partial charge is 0.387 e. The van der Waals surface area contributed by atoms with Crippen LogP contribution < -0.4 is 10.6 Å². The molecule has 4 nitrogen and oxygen atoms in total. The topological polar surface area (TPSA) is 61.4 Å². The second-order valence-corrected chi connectivity index (χ2v) is 6.71. The van der Waals surface area contributed by atoms with E-state index in [1.54, 1.807) is 18.7 Å². The highest BCUT2D eigenvalue weighted by atomic mass is 32.2. The molecule has 17 heavy (non-hydrogen) atoms. The molecule has 0 radical (unpaired) electrons. The number of hydrogen-bond acceptors (Lipinski definition) is 3. The van der Waals surface area contributed by atoms with Crippen molar-refractivity contribution in [3.63, 3.8) is 0 Å². The molecule has 0 heterocycles. The van der Waals surface area contributed by atoms with Gasteiger partial charge in [-0.3, -0.25) is 0 Å². The summed E-state index contributed by atoms with van der Waals surface area (Å²) in [6.45, 7) is 10.2. The van der Waals surface area contributed by atoms with Gasteiger partial charge in [-0.1, -0.05) is 20.8 Å². The van der Waals surface area contributed by atoms with E-state index >= 15 is 0 Å². The monoisotopic (exact) mass is 262 g/mol. The van der Waals surface area contributed by atoms with E-state index in [0.717, 1.165) is 0 Å². The first-order chi connectivity index (χ1) is 7.58. The Kier molecular flexibility index (Phi) is 6.34. The van der Waals surface area contributed by atoms with Gasteiger partial charge in [-0.05, 0) is 25.5 Å². The predicted molar refractivity (Wildman–Crippen MR) is 74.5 cm³/mol. The average molecular weight is 262 g/mol. The molecule has 0 saturated carbocycles. The molecule has 0 saturated heterocycles. The number of thioether (sulfide) groups is 1. The lowest BCUT2D eigenvalue weighted by Gasteiger charge is -2.29. The van der Waals surface area contributed by atoms with Crippen LogP contribution in [0.5, 0.6) is 0 Å². The van der Waals surface area contributed by atoms with Crippen LogP contribution in [0.3, 0.4) is 0 Å². The van der Waals surface area contributed by atoms with E-state index in [4.69, 9.17) is 0 Å². The minimum atomic E-state index is -0.859. The Morgan fingerprint density at radius 3 is 2.29 bits per heavy atom. The van der Waals surface area contributed by atoms with Crippen molar-refractivity contribution in [2.75, 3.05) is 18.6 Å². The molecule has 5 heteroatoms. The molecule has 0 aromatic carbocycles. The first-order valence-corrected chi connectivity index (χ1v) is 7.23. The second kappa shape index (κ2) is 6.50. The lowest BCUT2D eigenvalue weighted by molar-refractivity contribution is 0.0865. The van der Waals surface area contributed by atoms with Crippen LogP contribution in [0.25, 0.3) is 0 Å². The highest BCUT2D eigenvalue weighted by Gasteiger charge is 2.24. The minimum absolute atomic E-state index is 0.0269. The molecular weight excluding hydrogens is 236 g/mol. The van der Waals surface area contributed by atoms with E-state index in [0.29, 0.717) is 5.75 Å². The Morgan fingerprint density at radius 2 is 1.88 bits per heavy atom. The van der Waals surface area contributed by atoms with Gasteiger partial charge in [-0.2, -0.15) is 11.8 Å². The molecular formula is C12H26N2O2S. The predicted octanol–water partition coefficient (Wildman–Crippen LogP) is 1.83. The first kappa shape index (κ1) is 16.6. The third-order valence-electron chi connectivity index (χ3n) is 2.73. The number of aliphatic hydroxyl groups is 1. The van der Waals surface area contributed by atoms with Crippen molar-refractivity contribution in [2.24, 2.45) is 5.41 Å². The third kappa shape index (κ3) is 7.49. The summed E-state index contributed by atoms with van der Waals surface area (Å²) in [4.78, 5) is 11.6. The standard InChI is InChI=1S/C12H26N2O2S/c1-9(11(2,3)4)14-10(15)13-7-12(5,16)8-17-6/h9,16H,7-8H2,1-6H3,(H2,13,14,15). The molecule has 0 fully saturated rings. The van der Waals surface area contributed by atoms with Gasteiger partial charge in [-0.15, -0.1) is 0 Å². The first-order valence-electron chi connectivity index (χ1n) is 5.84. The number of urea groups is 1. The van der Waals surface area contributed by atoms with E-state index in [2.05, 4.69) is 31.4 Å². The fourth-order valence-corrected chi connectivity index (χ4v) is 1.82. The number of amides is 2. The normalized spacial score (nSPS) is 17.1. The molecule has 0 bridgehead atoms. The van der Waals surface area contributed by atoms with Gasteiger partial charge in [0.15, 0.2) is 0 Å². The van der Waals surface area contributed by atoms with Gasteiger partial charge in [0, 0.05) is 18.3 Å². The molecule has 0 rings (SSSR count). The number of carbonyl (C=O) groups excluding carboxylic acids is 1. The van der Waals surface area contributed by atoms with Gasteiger partial charge < -0.3 is 15.7 Å². The number of hydrogen-bond donors (Lipinski definition) is 3. The van der Waals surface area contributed by atoms with Crippen LogP contribution in [0.15, 0.2) is 0 Å². The van der Waals surface area contributed by atoms with Crippen LogP contribution in [0.4, 0.5) is 4.79 Å². The molecule has 2 unspecified atom stereocenters. The van der Waals surface area contributed by atoms with E-state index in [9.17, 15) is 9.90 Å². The summed E-state index contributed by atoms with van der Waals surface area (Å²) in [7, 11) is 0. The highest BCUT2D eigenvalue weighted by Crippen LogP contribution is 2.18. The summed E-state index contributed by atoms with van der Waals surface area (Å²) in [5.74, 6) is 0.599. The molecule has 0 aromatic heterocycles. The van der Waals surface area contributed by atoms with Crippen LogP contribution in [0.1, 0.15) is 34.6 Å². The molecule has 2 atom stereocenters. The van der Waals surface area contributed by atoms with Gasteiger partial charge in [0.25, 0.3) is 0 Å². The van der Waals surface area contributed by atoms with Gasteiger partial charge in [0.2, 0.25) is 0 Å². The lowest BCUT2D eigenvalue weighted by atomic mass is 9.88. The van der Waals surface area contributed by atoms with Crippen molar-refractivity contribution < 1.29 is 9.90 Å². The summed E-state index contributed by atoms with van der Waals surface area (Å²) in [5.41, 5.74) is -0.832. The zero-order valence-electron chi connectivity index (χ0n) is 11.8. The van der Waals surface area contributed by atoms with Crippen molar-refractivity contribution in [3.05, 3.63) is 0 Å². The quantitative estimate of drug-likeness (QED) is 0.708. The molecule has 2 amide bonds. The highest BCUT2D eigenvalue weighted by molar-refractivity contribution is 7.98. The summed E-state index contributed by atoms with van der Waals surface area (Å²) in [6.07, 6.45) is 1.93. The van der Waals surface area contributed by atoms with Crippen LogP contribution in [0, 0.1) is 5.41 Å². The fourth-order valence-electron chi connectivity index (χ4n) is 1.10. The zero-order chi connectivity index (χ0) is 13.7. The molecule has 0 spiro atoms. The fraction of sp³-hybridized carbons (Fsp3) is 0.917. The van der Waals surface area contributed by atoms with Crippen LogP contribution in [0.2, 0.25) is 0 Å². The SMILES string of the molecule is CSCC(C)(O)CNC(=O)NC(C)C(C)(C)C. The van der Waals surface area contributed by atoms with Crippen molar-refractivity contribution in [2.45, 2.75) is 46.3 Å². The van der Waals surface area contributed by atoms with Crippen molar-refractivity contribution in [3.8, 4) is 0 Å². The zero-order valence-corrected chi connectivity index (χ0v) is 12.6. The summed E-state index contributed by atoms with van der Waals surface area (Å²) < 4.78 is 0. The van der Waals surface area contributed by atoms with E-state index in [1.165, 1.54) is 0 Å². The van der Waals surface area contributed by atoms with Gasteiger partial charge in [0.1, 0.15) is 0 Å². The Morgan fingerprint density at radius 1 is 1.35 bits per heavy atom. The Hall–Kier alpha value is -0.420. The minimum Gasteiger partial charge on any atom is -0.387 e. The Bertz CT molecular complexity index is 249. The number of rotatable bonds is 5. The maximum atomic E-state index is 11.6. The van der Waals surface area contributed by atoms with Crippen molar-refractivity contribution >= 4 is 17.8 Å². The van der Waals surface area contributed by atoms with Gasteiger partial charge in [-0.25, -0.2) is 4.79 Å². The average Bonchev–Trinajstić information content (AvgIpc) is 2.13. The maximum absolute atomic E-state index is 11.6. The molecule has 0 aromatic rings. The summed E-state index contributed by atoms with van der Waals surface area (Å²) in [5, 5.41) is 15.5. The molecule has 0 aliphatic rings. The number of carbonyl (C=O) groups is 1. The number of nitrogens with one attached hydrogen (secondary N) is 2. The van der Waals surface area contributed by atoms with Crippen molar-refractivity contribution in [1.29, 1.82) is 0 Å². The van der Waals surface area contributed by atoms with E-state index < -0.39 is 5.60 Å². The molecule has 0 aliphatic heterocycles. The Labute approximate surface area is 109 Å². The summed E-state index contributed by atoms with van der Waals surface area (Å²) in [6, 6.07) is -0.151. The summed E-state index contributed by atoms with van der Waals surface area (Å²) >= 11 is 1.56. The van der Waals surface area contributed by atoms with Crippen LogP contribution >= 0.6 is 11.8 Å². The molecule has 3 N–H and O–H groups in total. The van der Waals surface area contributed by atoms with Gasteiger partial charge in [0.05, 0.1) is 5.60 Å². The smallest absolute Gasteiger partial charge is 0.315 e. The molecule has 102 valence electrons. The van der Waals surface area contributed by atoms with Crippen LogP contribution in [-0.4, -0.2) is 41.3 Å². The second-order valence-electron chi connectivity index (χ2n) is 5.84. The van der Waals surface area contributed by atoms with E-state index in [-0.39, 0.29) is 24.0 Å².